The summed E-state index contributed by atoms with van der Waals surface area (Å²) in [6.45, 7) is 3.99. The first-order valence-electron chi connectivity index (χ1n) is 11.4. The molecule has 3 N–H and O–H groups in total. The van der Waals surface area contributed by atoms with Gasteiger partial charge < -0.3 is 15.6 Å². The average molecular weight is 468 g/mol. The van der Waals surface area contributed by atoms with Gasteiger partial charge in [0.1, 0.15) is 17.4 Å². The highest BCUT2D eigenvalue weighted by Gasteiger charge is 2.21. The van der Waals surface area contributed by atoms with Gasteiger partial charge in [-0.05, 0) is 37.6 Å². The van der Waals surface area contributed by atoms with Crippen molar-refractivity contribution in [3.63, 3.8) is 0 Å². The number of nitrogens with zero attached hydrogens (tertiary/aromatic N) is 4. The Labute approximate surface area is 201 Å². The van der Waals surface area contributed by atoms with E-state index in [0.717, 1.165) is 27.4 Å². The van der Waals surface area contributed by atoms with Gasteiger partial charge in [-0.25, -0.2) is 4.68 Å². The van der Waals surface area contributed by atoms with Gasteiger partial charge in [-0.3, -0.25) is 14.6 Å². The Morgan fingerprint density at radius 1 is 1.00 bits per heavy atom. The summed E-state index contributed by atoms with van der Waals surface area (Å²) < 4.78 is 1.72. The van der Waals surface area contributed by atoms with Crippen LogP contribution in [0.25, 0.3) is 21.8 Å². The summed E-state index contributed by atoms with van der Waals surface area (Å²) in [6.07, 6.45) is 3.58. The molecule has 0 fully saturated rings. The third-order valence-electron chi connectivity index (χ3n) is 5.92. The number of carbonyl (C=O) groups is 2. The van der Waals surface area contributed by atoms with E-state index in [0.29, 0.717) is 17.9 Å². The van der Waals surface area contributed by atoms with Crippen LogP contribution in [0.5, 0.6) is 0 Å². The second-order valence-electron chi connectivity index (χ2n) is 8.53. The van der Waals surface area contributed by atoms with Gasteiger partial charge in [-0.15, -0.1) is 5.10 Å². The smallest absolute Gasteiger partial charge is 0.268 e. The molecule has 0 aliphatic heterocycles. The maximum atomic E-state index is 12.7. The molecule has 176 valence electrons. The number of hydrogen-bond acceptors (Lipinski definition) is 5. The molecule has 0 saturated heterocycles. The Kier molecular flexibility index (Phi) is 5.97. The molecule has 0 spiro atoms. The van der Waals surface area contributed by atoms with Gasteiger partial charge in [0.25, 0.3) is 5.91 Å². The molecule has 9 heteroatoms. The molecule has 0 aliphatic carbocycles. The fraction of sp³-hybridized carbons (Fsp3) is 0.192. The van der Waals surface area contributed by atoms with E-state index in [2.05, 4.69) is 30.9 Å². The molecular weight excluding hydrogens is 442 g/mol. The Bertz CT molecular complexity index is 1480. The van der Waals surface area contributed by atoms with E-state index in [-0.39, 0.29) is 17.9 Å². The van der Waals surface area contributed by atoms with Crippen molar-refractivity contribution in [1.82, 2.24) is 35.6 Å². The molecule has 0 radical (unpaired) electrons. The number of H-pyrrole nitrogens is 1. The van der Waals surface area contributed by atoms with Crippen LogP contribution in [0.2, 0.25) is 0 Å². The highest BCUT2D eigenvalue weighted by molar-refractivity contribution is 6.00. The molecule has 2 unspecified atom stereocenters. The number of hydrogen-bond donors (Lipinski definition) is 3. The second-order valence-corrected chi connectivity index (χ2v) is 8.53. The summed E-state index contributed by atoms with van der Waals surface area (Å²) >= 11 is 0. The van der Waals surface area contributed by atoms with Crippen LogP contribution in [0.1, 0.15) is 41.6 Å². The zero-order valence-corrected chi connectivity index (χ0v) is 19.4. The van der Waals surface area contributed by atoms with Crippen molar-refractivity contribution in [2.24, 2.45) is 0 Å². The van der Waals surface area contributed by atoms with E-state index < -0.39 is 6.04 Å². The number of aromatic amines is 1. The minimum absolute atomic E-state index is 0.310. The second kappa shape index (κ2) is 9.38. The normalized spacial score (nSPS) is 13.0. The van der Waals surface area contributed by atoms with Crippen LogP contribution in [-0.4, -0.2) is 42.8 Å². The number of pyridine rings is 1. The number of para-hydroxylation sites is 2. The summed E-state index contributed by atoms with van der Waals surface area (Å²) in [5.41, 5.74) is 3.86. The Morgan fingerprint density at radius 3 is 2.66 bits per heavy atom. The van der Waals surface area contributed by atoms with Gasteiger partial charge in [0, 0.05) is 22.5 Å². The van der Waals surface area contributed by atoms with Gasteiger partial charge in [-0.1, -0.05) is 47.7 Å². The third-order valence-corrected chi connectivity index (χ3v) is 5.92. The first-order chi connectivity index (χ1) is 17.0. The van der Waals surface area contributed by atoms with E-state index in [1.165, 1.54) is 0 Å². The zero-order chi connectivity index (χ0) is 24.4. The molecule has 0 saturated carbocycles. The molecule has 5 aromatic rings. The molecule has 3 heterocycles. The number of fused-ring (bicyclic) bond motifs is 2. The van der Waals surface area contributed by atoms with Crippen molar-refractivity contribution in [1.29, 1.82) is 0 Å². The topological polar surface area (TPSA) is 118 Å². The van der Waals surface area contributed by atoms with E-state index in [9.17, 15) is 9.59 Å². The van der Waals surface area contributed by atoms with Gasteiger partial charge in [-0.2, -0.15) is 0 Å². The highest BCUT2D eigenvalue weighted by Crippen LogP contribution is 2.18. The zero-order valence-electron chi connectivity index (χ0n) is 19.4. The molecule has 3 aromatic heterocycles. The highest BCUT2D eigenvalue weighted by atomic mass is 16.2. The summed E-state index contributed by atoms with van der Waals surface area (Å²) in [6, 6.07) is 18.2. The van der Waals surface area contributed by atoms with E-state index in [1.54, 1.807) is 30.1 Å². The lowest BCUT2D eigenvalue weighted by Gasteiger charge is -2.16. The number of rotatable bonds is 7. The minimum atomic E-state index is -0.729. The summed E-state index contributed by atoms with van der Waals surface area (Å²) in [7, 11) is 0. The molecular formula is C26H25N7O2. The summed E-state index contributed by atoms with van der Waals surface area (Å²) in [4.78, 5) is 32.9. The quantitative estimate of drug-likeness (QED) is 0.339. The van der Waals surface area contributed by atoms with Crippen LogP contribution in [0, 0.1) is 0 Å². The first kappa shape index (κ1) is 22.3. The number of aromatic nitrogens is 5. The van der Waals surface area contributed by atoms with E-state index >= 15 is 0 Å². The van der Waals surface area contributed by atoms with Gasteiger partial charge in [0.2, 0.25) is 5.91 Å². The molecule has 9 nitrogen and oxygen atoms in total. The van der Waals surface area contributed by atoms with E-state index in [4.69, 9.17) is 0 Å². The van der Waals surface area contributed by atoms with Crippen molar-refractivity contribution >= 4 is 33.6 Å². The number of amides is 2. The lowest BCUT2D eigenvalue weighted by molar-refractivity contribution is -0.123. The van der Waals surface area contributed by atoms with Crippen LogP contribution < -0.4 is 10.6 Å². The molecule has 2 amide bonds. The SMILES string of the molecule is CC(NC(=O)c1cc2ccccc2[nH]1)C(=O)NC(C)c1cn(Cc2cccc3cccnc23)nn1. The van der Waals surface area contributed by atoms with Crippen molar-refractivity contribution in [2.45, 2.75) is 32.5 Å². The Morgan fingerprint density at radius 2 is 1.80 bits per heavy atom. The molecule has 2 aromatic carbocycles. The van der Waals surface area contributed by atoms with Crippen LogP contribution in [0.15, 0.2) is 73.1 Å². The maximum Gasteiger partial charge on any atom is 0.268 e. The van der Waals surface area contributed by atoms with Crippen molar-refractivity contribution in [3.8, 4) is 0 Å². The van der Waals surface area contributed by atoms with Crippen molar-refractivity contribution < 1.29 is 9.59 Å². The lowest BCUT2D eigenvalue weighted by Crippen LogP contribution is -2.45. The largest absolute Gasteiger partial charge is 0.351 e. The fourth-order valence-electron chi connectivity index (χ4n) is 4.01. The molecule has 2 atom stereocenters. The van der Waals surface area contributed by atoms with Crippen molar-refractivity contribution in [3.05, 3.63) is 90.0 Å². The fourth-order valence-corrected chi connectivity index (χ4v) is 4.01. The monoisotopic (exact) mass is 467 g/mol. The van der Waals surface area contributed by atoms with Crippen LogP contribution in [0.3, 0.4) is 0 Å². The molecule has 0 aliphatic rings. The van der Waals surface area contributed by atoms with Crippen LogP contribution >= 0.6 is 0 Å². The summed E-state index contributed by atoms with van der Waals surface area (Å²) in [5, 5.41) is 16.1. The number of nitrogens with one attached hydrogen (secondary N) is 3. The summed E-state index contributed by atoms with van der Waals surface area (Å²) in [5.74, 6) is -0.652. The molecule has 5 rings (SSSR count). The number of carbonyl (C=O) groups excluding carboxylic acids is 2. The van der Waals surface area contributed by atoms with Crippen molar-refractivity contribution in [2.75, 3.05) is 0 Å². The molecule has 0 bridgehead atoms. The Hall–Kier alpha value is -4.53. The first-order valence-corrected chi connectivity index (χ1v) is 11.4. The average Bonchev–Trinajstić information content (AvgIpc) is 3.51. The van der Waals surface area contributed by atoms with Gasteiger partial charge in [0.05, 0.1) is 24.3 Å². The van der Waals surface area contributed by atoms with Gasteiger partial charge in [0.15, 0.2) is 0 Å². The maximum absolute atomic E-state index is 12.7. The standard InChI is InChI=1S/C26H25N7O2/c1-16(23-15-33(32-31-23)14-20-9-5-8-18-10-6-12-27-24(18)20)28-25(34)17(2)29-26(35)22-13-19-7-3-4-11-21(19)30-22/h3-13,15-17,30H,14H2,1-2H3,(H,28,34)(H,29,35). The predicted molar refractivity (Wildman–Crippen MR) is 133 cm³/mol. The molecule has 35 heavy (non-hydrogen) atoms. The Balaban J connectivity index is 1.20. The van der Waals surface area contributed by atoms with Gasteiger partial charge >= 0.3 is 0 Å². The van der Waals surface area contributed by atoms with Crippen LogP contribution in [0.4, 0.5) is 0 Å². The lowest BCUT2D eigenvalue weighted by atomic mass is 10.1. The van der Waals surface area contributed by atoms with Crippen LogP contribution in [-0.2, 0) is 11.3 Å². The third kappa shape index (κ3) is 4.74. The predicted octanol–water partition coefficient (Wildman–Crippen LogP) is 3.35. The number of benzene rings is 2. The minimum Gasteiger partial charge on any atom is -0.351 e. The van der Waals surface area contributed by atoms with E-state index in [1.807, 2.05) is 61.5 Å².